The van der Waals surface area contributed by atoms with Crippen LogP contribution in [0.25, 0.3) is 0 Å². The smallest absolute Gasteiger partial charge is 0.167 e. The van der Waals surface area contributed by atoms with Gasteiger partial charge in [0.2, 0.25) is 0 Å². The molecular weight excluding hydrogens is 356 g/mol. The van der Waals surface area contributed by atoms with Gasteiger partial charge in [-0.2, -0.15) is 0 Å². The highest BCUT2D eigenvalue weighted by atomic mass is 79.9. The van der Waals surface area contributed by atoms with E-state index in [0.29, 0.717) is 0 Å². The van der Waals surface area contributed by atoms with E-state index in [9.17, 15) is 0 Å². The van der Waals surface area contributed by atoms with Crippen molar-refractivity contribution in [2.24, 2.45) is 0 Å². The molecule has 0 radical (unpaired) electrons. The third-order valence-electron chi connectivity index (χ3n) is 2.94. The molecule has 6 N–H and O–H groups in total. The van der Waals surface area contributed by atoms with E-state index in [0.717, 1.165) is 0 Å². The molecular formula is C14H18Br2N2. The summed E-state index contributed by atoms with van der Waals surface area (Å²) in [6, 6.07) is 21.1. The van der Waals surface area contributed by atoms with Crippen LogP contribution in [0, 0.1) is 0 Å². The number of hydrogen-bond acceptors (Lipinski definition) is 0. The Kier molecular flexibility index (Phi) is 8.11. The van der Waals surface area contributed by atoms with Gasteiger partial charge < -0.3 is 45.4 Å². The third-order valence-corrected chi connectivity index (χ3v) is 2.94. The van der Waals surface area contributed by atoms with E-state index in [1.54, 1.807) is 0 Å². The minimum absolute atomic E-state index is 0. The Balaban J connectivity index is 0.00000144. The second-order valence-electron chi connectivity index (χ2n) is 4.03. The Morgan fingerprint density at radius 3 is 1.11 bits per heavy atom. The summed E-state index contributed by atoms with van der Waals surface area (Å²) in [7, 11) is 0. The van der Waals surface area contributed by atoms with Crippen LogP contribution in [0.2, 0.25) is 0 Å². The fraction of sp³-hybridized carbons (Fsp3) is 0.143. The Morgan fingerprint density at radius 1 is 0.556 bits per heavy atom. The van der Waals surface area contributed by atoms with E-state index in [1.165, 1.54) is 11.1 Å². The number of benzene rings is 2. The first-order chi connectivity index (χ1) is 7.79. The van der Waals surface area contributed by atoms with Crippen LogP contribution >= 0.6 is 0 Å². The van der Waals surface area contributed by atoms with Crippen molar-refractivity contribution >= 4 is 0 Å². The van der Waals surface area contributed by atoms with Gasteiger partial charge in [0.1, 0.15) is 0 Å². The Bertz CT molecular complexity index is 391. The lowest BCUT2D eigenvalue weighted by Crippen LogP contribution is -3.00. The van der Waals surface area contributed by atoms with E-state index in [-0.39, 0.29) is 46.0 Å². The van der Waals surface area contributed by atoms with Crippen molar-refractivity contribution in [2.75, 3.05) is 0 Å². The van der Waals surface area contributed by atoms with Crippen molar-refractivity contribution in [3.63, 3.8) is 0 Å². The molecule has 4 heteroatoms. The molecule has 0 bridgehead atoms. The highest BCUT2D eigenvalue weighted by Crippen LogP contribution is 2.20. The van der Waals surface area contributed by atoms with E-state index in [4.69, 9.17) is 0 Å². The molecule has 98 valence electrons. The van der Waals surface area contributed by atoms with E-state index >= 15 is 0 Å². The molecule has 0 saturated carbocycles. The van der Waals surface area contributed by atoms with Gasteiger partial charge in [0.15, 0.2) is 12.1 Å². The maximum Gasteiger partial charge on any atom is 0.167 e. The maximum atomic E-state index is 4.22. The van der Waals surface area contributed by atoms with Crippen LogP contribution in [-0.4, -0.2) is 0 Å². The zero-order valence-corrected chi connectivity index (χ0v) is 13.3. The number of hydrogen-bond donors (Lipinski definition) is 2. The van der Waals surface area contributed by atoms with Crippen molar-refractivity contribution in [2.45, 2.75) is 12.1 Å². The largest absolute Gasteiger partial charge is 1.00 e. The van der Waals surface area contributed by atoms with E-state index in [1.807, 2.05) is 36.4 Å². The lowest BCUT2D eigenvalue weighted by Gasteiger charge is -2.14. The highest BCUT2D eigenvalue weighted by molar-refractivity contribution is 5.23. The molecule has 0 aliphatic rings. The molecule has 0 aromatic heterocycles. The molecule has 0 aliphatic carbocycles. The van der Waals surface area contributed by atoms with Crippen molar-refractivity contribution in [3.8, 4) is 0 Å². The predicted molar refractivity (Wildman–Crippen MR) is 64.1 cm³/mol. The number of halogens is 2. The summed E-state index contributed by atoms with van der Waals surface area (Å²) in [6.07, 6.45) is 0. The van der Waals surface area contributed by atoms with Crippen molar-refractivity contribution < 1.29 is 45.4 Å². The summed E-state index contributed by atoms with van der Waals surface area (Å²) in [4.78, 5) is 0. The second kappa shape index (κ2) is 8.43. The van der Waals surface area contributed by atoms with E-state index in [2.05, 4.69) is 35.7 Å². The molecule has 0 heterocycles. The van der Waals surface area contributed by atoms with Crippen LogP contribution < -0.4 is 45.4 Å². The third kappa shape index (κ3) is 4.21. The van der Waals surface area contributed by atoms with Crippen LogP contribution in [0.1, 0.15) is 23.2 Å². The first-order valence-electron chi connectivity index (χ1n) is 5.55. The highest BCUT2D eigenvalue weighted by Gasteiger charge is 2.23. The van der Waals surface area contributed by atoms with Crippen LogP contribution in [0.15, 0.2) is 60.7 Å². The molecule has 2 atom stereocenters. The fourth-order valence-corrected chi connectivity index (χ4v) is 1.87. The number of quaternary nitrogens is 2. The van der Waals surface area contributed by atoms with Crippen molar-refractivity contribution in [1.82, 2.24) is 0 Å². The SMILES string of the molecule is [Br-].[Br-].[NH3+]C(c1ccccc1)C([NH3+])c1ccccc1. The summed E-state index contributed by atoms with van der Waals surface area (Å²) >= 11 is 0. The summed E-state index contributed by atoms with van der Waals surface area (Å²) in [5.74, 6) is 0. The van der Waals surface area contributed by atoms with Crippen LogP contribution in [-0.2, 0) is 0 Å². The standard InChI is InChI=1S/C14H16N2.2BrH/c15-13(11-7-3-1-4-8-11)14(16)12-9-5-2-6-10-12;;/h1-10,13-14H,15-16H2;2*1H. The molecule has 2 aromatic rings. The Hall–Kier alpha value is -0.680. The summed E-state index contributed by atoms with van der Waals surface area (Å²) in [6.45, 7) is 0. The molecule has 18 heavy (non-hydrogen) atoms. The van der Waals surface area contributed by atoms with Gasteiger partial charge in [0.25, 0.3) is 0 Å². The maximum absolute atomic E-state index is 4.22. The molecule has 0 aliphatic heterocycles. The lowest BCUT2D eigenvalue weighted by molar-refractivity contribution is -0.540. The summed E-state index contributed by atoms with van der Waals surface area (Å²) in [5.41, 5.74) is 10.9. The van der Waals surface area contributed by atoms with Gasteiger partial charge in [-0.15, -0.1) is 0 Å². The quantitative estimate of drug-likeness (QED) is 0.541. The molecule has 2 rings (SSSR count). The molecule has 0 fully saturated rings. The van der Waals surface area contributed by atoms with Crippen molar-refractivity contribution in [3.05, 3.63) is 71.8 Å². The van der Waals surface area contributed by atoms with Crippen molar-refractivity contribution in [1.29, 1.82) is 0 Å². The lowest BCUT2D eigenvalue weighted by atomic mass is 9.95. The minimum Gasteiger partial charge on any atom is -1.00 e. The normalized spacial score (nSPS) is 12.8. The predicted octanol–water partition coefficient (Wildman–Crippen LogP) is -5.04. The minimum atomic E-state index is 0. The van der Waals surface area contributed by atoms with Gasteiger partial charge in [0, 0.05) is 11.1 Å². The topological polar surface area (TPSA) is 55.3 Å². The molecule has 2 nitrogen and oxygen atoms in total. The average molecular weight is 374 g/mol. The van der Waals surface area contributed by atoms with Crippen LogP contribution in [0.5, 0.6) is 0 Å². The van der Waals surface area contributed by atoms with Gasteiger partial charge in [0.05, 0.1) is 0 Å². The van der Waals surface area contributed by atoms with E-state index < -0.39 is 0 Å². The van der Waals surface area contributed by atoms with Gasteiger partial charge in [-0.3, -0.25) is 0 Å². The zero-order chi connectivity index (χ0) is 11.4. The van der Waals surface area contributed by atoms with Gasteiger partial charge in [-0.25, -0.2) is 0 Å². The van der Waals surface area contributed by atoms with Gasteiger partial charge in [-0.1, -0.05) is 60.7 Å². The van der Waals surface area contributed by atoms with Crippen LogP contribution in [0.3, 0.4) is 0 Å². The molecule has 2 aromatic carbocycles. The molecule has 0 amide bonds. The first-order valence-corrected chi connectivity index (χ1v) is 5.55. The molecule has 2 unspecified atom stereocenters. The average Bonchev–Trinajstić information content (AvgIpc) is 2.39. The monoisotopic (exact) mass is 372 g/mol. The molecule has 0 saturated heterocycles. The summed E-state index contributed by atoms with van der Waals surface area (Å²) < 4.78 is 0. The van der Waals surface area contributed by atoms with Crippen LogP contribution in [0.4, 0.5) is 0 Å². The van der Waals surface area contributed by atoms with Gasteiger partial charge in [-0.05, 0) is 0 Å². The fourth-order valence-electron chi connectivity index (χ4n) is 1.87. The molecule has 0 spiro atoms. The second-order valence-corrected chi connectivity index (χ2v) is 4.03. The first kappa shape index (κ1) is 17.3. The Labute approximate surface area is 129 Å². The van der Waals surface area contributed by atoms with Gasteiger partial charge >= 0.3 is 0 Å². The Morgan fingerprint density at radius 2 is 0.833 bits per heavy atom. The number of rotatable bonds is 3. The summed E-state index contributed by atoms with van der Waals surface area (Å²) in [5, 5.41) is 0. The zero-order valence-electron chi connectivity index (χ0n) is 10.1.